The molecule has 0 rings (SSSR count). The SMILES string of the molecule is CCCC#CCCCCCC#CCCC. The minimum Gasteiger partial charge on any atom is -0.103 e. The van der Waals surface area contributed by atoms with E-state index in [9.17, 15) is 0 Å². The molecule has 0 atom stereocenters. The fraction of sp³-hybridized carbons (Fsp3) is 0.733. The highest BCUT2D eigenvalue weighted by Crippen LogP contribution is 2.01. The van der Waals surface area contributed by atoms with Gasteiger partial charge in [0.15, 0.2) is 0 Å². The summed E-state index contributed by atoms with van der Waals surface area (Å²) in [5.74, 6) is 12.8. The third-order valence-electron chi connectivity index (χ3n) is 2.10. The van der Waals surface area contributed by atoms with Gasteiger partial charge in [-0.3, -0.25) is 0 Å². The van der Waals surface area contributed by atoms with Gasteiger partial charge in [0.1, 0.15) is 0 Å². The first-order valence-corrected chi connectivity index (χ1v) is 6.33. The Kier molecular flexibility index (Phi) is 12.4. The van der Waals surface area contributed by atoms with Crippen LogP contribution in [-0.2, 0) is 0 Å². The summed E-state index contributed by atoms with van der Waals surface area (Å²) in [5.41, 5.74) is 0. The third kappa shape index (κ3) is 13.1. The van der Waals surface area contributed by atoms with E-state index >= 15 is 0 Å². The zero-order valence-electron chi connectivity index (χ0n) is 10.4. The van der Waals surface area contributed by atoms with Crippen LogP contribution in [0.15, 0.2) is 0 Å². The molecule has 0 aromatic carbocycles. The van der Waals surface area contributed by atoms with Crippen molar-refractivity contribution in [1.82, 2.24) is 0 Å². The molecule has 0 saturated heterocycles. The first-order chi connectivity index (χ1) is 7.41. The van der Waals surface area contributed by atoms with E-state index in [0.717, 1.165) is 25.7 Å². The standard InChI is InChI=1S/C15H24/c1-3-5-7-9-11-13-15-14-12-10-8-6-4-2/h3-6,11-15H2,1-2H3. The Morgan fingerprint density at radius 3 is 1.33 bits per heavy atom. The van der Waals surface area contributed by atoms with E-state index in [1.165, 1.54) is 32.1 Å². The van der Waals surface area contributed by atoms with Crippen molar-refractivity contribution in [2.75, 3.05) is 0 Å². The highest BCUT2D eigenvalue weighted by molar-refractivity contribution is 4.99. The van der Waals surface area contributed by atoms with Crippen LogP contribution in [0.4, 0.5) is 0 Å². The lowest BCUT2D eigenvalue weighted by Gasteiger charge is -1.92. The Balaban J connectivity index is 3.13. The Bertz CT molecular complexity index is 202. The minimum atomic E-state index is 1.06. The van der Waals surface area contributed by atoms with Gasteiger partial charge in [0, 0.05) is 25.7 Å². The average molecular weight is 204 g/mol. The maximum atomic E-state index is 3.21. The smallest absolute Gasteiger partial charge is 0.00886 e. The molecule has 0 spiro atoms. The van der Waals surface area contributed by atoms with Gasteiger partial charge in [0.05, 0.1) is 0 Å². The van der Waals surface area contributed by atoms with E-state index < -0.39 is 0 Å². The summed E-state index contributed by atoms with van der Waals surface area (Å²) in [5, 5.41) is 0. The molecule has 0 N–H and O–H groups in total. The molecule has 0 amide bonds. The molecule has 0 aliphatic rings. The van der Waals surface area contributed by atoms with Gasteiger partial charge in [-0.15, -0.1) is 23.7 Å². The summed E-state index contributed by atoms with van der Waals surface area (Å²) in [6.07, 6.45) is 10.4. The average Bonchev–Trinajstić information content (AvgIpc) is 2.26. The highest BCUT2D eigenvalue weighted by atomic mass is 13.9. The van der Waals surface area contributed by atoms with Crippen LogP contribution in [0.1, 0.15) is 71.6 Å². The Hall–Kier alpha value is -0.880. The molecule has 0 heterocycles. The van der Waals surface area contributed by atoms with Gasteiger partial charge in [-0.1, -0.05) is 20.3 Å². The monoisotopic (exact) mass is 204 g/mol. The van der Waals surface area contributed by atoms with Crippen molar-refractivity contribution in [2.45, 2.75) is 71.6 Å². The van der Waals surface area contributed by atoms with Gasteiger partial charge in [0.25, 0.3) is 0 Å². The van der Waals surface area contributed by atoms with Crippen LogP contribution in [0, 0.1) is 23.7 Å². The van der Waals surface area contributed by atoms with E-state index in [0.29, 0.717) is 0 Å². The van der Waals surface area contributed by atoms with Gasteiger partial charge in [0.2, 0.25) is 0 Å². The van der Waals surface area contributed by atoms with Gasteiger partial charge in [-0.05, 0) is 25.7 Å². The van der Waals surface area contributed by atoms with Crippen LogP contribution < -0.4 is 0 Å². The van der Waals surface area contributed by atoms with Crippen LogP contribution in [0.25, 0.3) is 0 Å². The first kappa shape index (κ1) is 14.1. The second kappa shape index (κ2) is 13.1. The molecule has 0 fully saturated rings. The van der Waals surface area contributed by atoms with Crippen LogP contribution in [0.3, 0.4) is 0 Å². The Labute approximate surface area is 95.8 Å². The summed E-state index contributed by atoms with van der Waals surface area (Å²) < 4.78 is 0. The first-order valence-electron chi connectivity index (χ1n) is 6.33. The topological polar surface area (TPSA) is 0 Å². The second-order valence-corrected chi connectivity index (χ2v) is 3.77. The lowest BCUT2D eigenvalue weighted by Crippen LogP contribution is -1.75. The Morgan fingerprint density at radius 1 is 0.533 bits per heavy atom. The third-order valence-corrected chi connectivity index (χ3v) is 2.10. The summed E-state index contributed by atoms with van der Waals surface area (Å²) in [4.78, 5) is 0. The van der Waals surface area contributed by atoms with Crippen LogP contribution in [0.5, 0.6) is 0 Å². The molecule has 84 valence electrons. The molecule has 0 heteroatoms. The molecule has 0 aromatic rings. The predicted octanol–water partition coefficient (Wildman–Crippen LogP) is 4.54. The maximum Gasteiger partial charge on any atom is 0.00886 e. The lowest BCUT2D eigenvalue weighted by atomic mass is 10.1. The Morgan fingerprint density at radius 2 is 0.933 bits per heavy atom. The number of hydrogen-bond acceptors (Lipinski definition) is 0. The molecule has 0 nitrogen and oxygen atoms in total. The van der Waals surface area contributed by atoms with Crippen molar-refractivity contribution in [1.29, 1.82) is 0 Å². The van der Waals surface area contributed by atoms with E-state index in [-0.39, 0.29) is 0 Å². The molecular formula is C15H24. The lowest BCUT2D eigenvalue weighted by molar-refractivity contribution is 0.708. The van der Waals surface area contributed by atoms with Crippen molar-refractivity contribution >= 4 is 0 Å². The molecule has 0 aliphatic heterocycles. The van der Waals surface area contributed by atoms with E-state index in [2.05, 4.69) is 37.5 Å². The predicted molar refractivity (Wildman–Crippen MR) is 68.5 cm³/mol. The molecular weight excluding hydrogens is 180 g/mol. The molecule has 0 aliphatic carbocycles. The number of hydrogen-bond donors (Lipinski definition) is 0. The van der Waals surface area contributed by atoms with Crippen LogP contribution in [-0.4, -0.2) is 0 Å². The fourth-order valence-electron chi connectivity index (χ4n) is 1.21. The van der Waals surface area contributed by atoms with Gasteiger partial charge in [-0.25, -0.2) is 0 Å². The van der Waals surface area contributed by atoms with Gasteiger partial charge in [-0.2, -0.15) is 0 Å². The summed E-state index contributed by atoms with van der Waals surface area (Å²) in [6.45, 7) is 4.34. The van der Waals surface area contributed by atoms with E-state index in [1.54, 1.807) is 0 Å². The number of rotatable bonds is 6. The minimum absolute atomic E-state index is 1.06. The quantitative estimate of drug-likeness (QED) is 0.440. The normalized spacial score (nSPS) is 8.67. The maximum absolute atomic E-state index is 3.21. The second-order valence-electron chi connectivity index (χ2n) is 3.77. The highest BCUT2D eigenvalue weighted by Gasteiger charge is 1.85. The van der Waals surface area contributed by atoms with Crippen LogP contribution in [0.2, 0.25) is 0 Å². The van der Waals surface area contributed by atoms with Gasteiger partial charge >= 0.3 is 0 Å². The molecule has 0 saturated carbocycles. The fourth-order valence-corrected chi connectivity index (χ4v) is 1.21. The molecule has 0 radical (unpaired) electrons. The molecule has 0 aromatic heterocycles. The molecule has 0 unspecified atom stereocenters. The summed E-state index contributed by atoms with van der Waals surface area (Å²) >= 11 is 0. The van der Waals surface area contributed by atoms with Gasteiger partial charge < -0.3 is 0 Å². The summed E-state index contributed by atoms with van der Waals surface area (Å²) in [6, 6.07) is 0. The van der Waals surface area contributed by atoms with Crippen molar-refractivity contribution in [3.05, 3.63) is 0 Å². The van der Waals surface area contributed by atoms with Crippen molar-refractivity contribution in [3.8, 4) is 23.7 Å². The largest absolute Gasteiger partial charge is 0.103 e. The van der Waals surface area contributed by atoms with Crippen molar-refractivity contribution in [2.24, 2.45) is 0 Å². The molecule has 15 heavy (non-hydrogen) atoms. The summed E-state index contributed by atoms with van der Waals surface area (Å²) in [7, 11) is 0. The van der Waals surface area contributed by atoms with E-state index in [1.807, 2.05) is 0 Å². The number of unbranched alkanes of at least 4 members (excludes halogenated alkanes) is 6. The van der Waals surface area contributed by atoms with Crippen LogP contribution >= 0.6 is 0 Å². The van der Waals surface area contributed by atoms with E-state index in [4.69, 9.17) is 0 Å². The van der Waals surface area contributed by atoms with Crippen molar-refractivity contribution < 1.29 is 0 Å². The zero-order chi connectivity index (χ0) is 11.2. The zero-order valence-corrected chi connectivity index (χ0v) is 10.4. The van der Waals surface area contributed by atoms with Crippen molar-refractivity contribution in [3.63, 3.8) is 0 Å². The molecule has 0 bridgehead atoms.